The van der Waals surface area contributed by atoms with Gasteiger partial charge in [-0.05, 0) is 0 Å². The summed E-state index contributed by atoms with van der Waals surface area (Å²) in [7, 11) is 0. The van der Waals surface area contributed by atoms with Gasteiger partial charge in [-0.25, -0.2) is 0 Å². The monoisotopic (exact) mass is 190 g/mol. The second kappa shape index (κ2) is 365. The van der Waals surface area contributed by atoms with E-state index in [1.54, 1.807) is 0 Å². The van der Waals surface area contributed by atoms with Crippen molar-refractivity contribution < 1.29 is 49.9 Å². The molecule has 0 saturated carbocycles. The minimum Gasteiger partial charge on any atom is -0.412 e. The summed E-state index contributed by atoms with van der Waals surface area (Å²) in [5.74, 6) is 0. The first-order valence-electron chi connectivity index (χ1n) is 0. The third-order valence-electron chi connectivity index (χ3n) is 0. The van der Waals surface area contributed by atoms with Crippen LogP contribution in [0.3, 0.4) is 0 Å². The van der Waals surface area contributed by atoms with Crippen LogP contribution < -0.4 is 0 Å². The molecular formula is H14FeMgO6. The molecule has 0 aromatic rings. The fourth-order valence-corrected chi connectivity index (χ4v) is 0. The van der Waals surface area contributed by atoms with Crippen molar-refractivity contribution in [3.05, 3.63) is 0 Å². The van der Waals surface area contributed by atoms with E-state index in [1.807, 2.05) is 0 Å². The second-order valence-electron chi connectivity index (χ2n) is 0. The minimum atomic E-state index is 0. The summed E-state index contributed by atoms with van der Waals surface area (Å²) in [6, 6.07) is 0. The van der Waals surface area contributed by atoms with Gasteiger partial charge in [0.15, 0.2) is 0 Å². The summed E-state index contributed by atoms with van der Waals surface area (Å²) in [5.41, 5.74) is 0. The van der Waals surface area contributed by atoms with Gasteiger partial charge in [-0.2, -0.15) is 0 Å². The third kappa shape index (κ3) is 236. The van der Waals surface area contributed by atoms with E-state index < -0.39 is 0 Å². The Labute approximate surface area is 73.1 Å². The zero-order valence-electron chi connectivity index (χ0n) is 3.35. The van der Waals surface area contributed by atoms with Crippen LogP contribution in [0.4, 0.5) is 0 Å². The van der Waals surface area contributed by atoms with E-state index in [4.69, 9.17) is 0 Å². The Bertz CT molecular complexity index is 8.49. The van der Waals surface area contributed by atoms with Crippen molar-refractivity contribution in [2.75, 3.05) is 0 Å². The predicted molar refractivity (Wildman–Crippen MR) is 30.2 cm³/mol. The predicted octanol–water partition coefficient (Wildman–Crippen LogP) is -5.87. The Morgan fingerprint density at radius 2 is 0.375 bits per heavy atom. The SMILES string of the molecule is O.O.O.O.O.O.[Fe].[MgH2]. The Balaban J connectivity index is 0. The standard InChI is InChI=1S/Fe.Mg.6H2O.2H/h;;6*1H2;;. The van der Waals surface area contributed by atoms with Gasteiger partial charge in [-0.1, -0.05) is 0 Å². The molecule has 0 bridgehead atoms. The van der Waals surface area contributed by atoms with Crippen LogP contribution in [-0.2, 0) is 17.1 Å². The number of rotatable bonds is 0. The zero-order valence-corrected chi connectivity index (χ0v) is 4.46. The van der Waals surface area contributed by atoms with Gasteiger partial charge in [0.1, 0.15) is 0 Å². The molecule has 0 atom stereocenters. The minimum absolute atomic E-state index is 0. The molecule has 0 aliphatic carbocycles. The molecule has 0 unspecified atom stereocenters. The molecule has 0 aliphatic heterocycles. The molecule has 60 valence electrons. The van der Waals surface area contributed by atoms with Crippen LogP contribution >= 0.6 is 0 Å². The first-order valence-corrected chi connectivity index (χ1v) is 0. The fourth-order valence-electron chi connectivity index (χ4n) is 0. The fraction of sp³-hybridized carbons (Fsp3) is 0. The summed E-state index contributed by atoms with van der Waals surface area (Å²) >= 11 is 0. The summed E-state index contributed by atoms with van der Waals surface area (Å²) in [4.78, 5) is 0. The van der Waals surface area contributed by atoms with Gasteiger partial charge >= 0.3 is 23.1 Å². The van der Waals surface area contributed by atoms with Crippen molar-refractivity contribution >= 4 is 23.1 Å². The average molecular weight is 190 g/mol. The van der Waals surface area contributed by atoms with E-state index in [9.17, 15) is 0 Å². The molecule has 0 aromatic heterocycles. The van der Waals surface area contributed by atoms with Crippen molar-refractivity contribution in [3.63, 3.8) is 0 Å². The van der Waals surface area contributed by atoms with Gasteiger partial charge in [-0.3, -0.25) is 0 Å². The molecule has 0 heterocycles. The number of hydrogen-bond acceptors (Lipinski definition) is 0. The molecule has 0 spiro atoms. The molecule has 0 radical (unpaired) electrons. The van der Waals surface area contributed by atoms with Crippen LogP contribution in [-0.4, -0.2) is 55.9 Å². The van der Waals surface area contributed by atoms with Gasteiger partial charge in [0.05, 0.1) is 0 Å². The zero-order chi connectivity index (χ0) is 0. The molecule has 0 rings (SSSR count). The summed E-state index contributed by atoms with van der Waals surface area (Å²) in [5, 5.41) is 0. The Morgan fingerprint density at radius 3 is 0.375 bits per heavy atom. The summed E-state index contributed by atoms with van der Waals surface area (Å²) < 4.78 is 0. The molecule has 0 saturated heterocycles. The van der Waals surface area contributed by atoms with E-state index in [0.717, 1.165) is 0 Å². The molecule has 0 aromatic carbocycles. The largest absolute Gasteiger partial charge is 0.412 e. The summed E-state index contributed by atoms with van der Waals surface area (Å²) in [6.07, 6.45) is 0. The molecule has 8 heavy (non-hydrogen) atoms. The van der Waals surface area contributed by atoms with E-state index in [2.05, 4.69) is 0 Å². The van der Waals surface area contributed by atoms with Gasteiger partial charge in [0.25, 0.3) is 0 Å². The first kappa shape index (κ1) is 535. The van der Waals surface area contributed by atoms with E-state index in [-0.39, 0.29) is 73.0 Å². The second-order valence-corrected chi connectivity index (χ2v) is 0. The smallest absolute Gasteiger partial charge is 0.316 e. The molecule has 8 heteroatoms. The van der Waals surface area contributed by atoms with Gasteiger partial charge in [0.2, 0.25) is 0 Å². The van der Waals surface area contributed by atoms with Crippen molar-refractivity contribution in [3.8, 4) is 0 Å². The van der Waals surface area contributed by atoms with Crippen LogP contribution in [0.5, 0.6) is 0 Å². The van der Waals surface area contributed by atoms with Crippen LogP contribution in [0.15, 0.2) is 0 Å². The number of hydrogen-bond donors (Lipinski definition) is 0. The van der Waals surface area contributed by atoms with Crippen LogP contribution in [0.2, 0.25) is 0 Å². The topological polar surface area (TPSA) is 189 Å². The molecule has 0 aliphatic rings. The Morgan fingerprint density at radius 1 is 0.375 bits per heavy atom. The van der Waals surface area contributed by atoms with Crippen molar-refractivity contribution in [1.82, 2.24) is 0 Å². The first-order chi connectivity index (χ1) is 0. The molecule has 12 N–H and O–H groups in total. The summed E-state index contributed by atoms with van der Waals surface area (Å²) in [6.45, 7) is 0. The van der Waals surface area contributed by atoms with E-state index in [0.29, 0.717) is 0 Å². The quantitative estimate of drug-likeness (QED) is 0.329. The van der Waals surface area contributed by atoms with Gasteiger partial charge in [-0.15, -0.1) is 0 Å². The van der Waals surface area contributed by atoms with Gasteiger partial charge in [0, 0.05) is 17.1 Å². The average Bonchev–Trinajstić information content (AvgIpc) is 0. The van der Waals surface area contributed by atoms with E-state index >= 15 is 0 Å². The van der Waals surface area contributed by atoms with Gasteiger partial charge < -0.3 is 32.9 Å². The maximum atomic E-state index is 0. The van der Waals surface area contributed by atoms with Crippen molar-refractivity contribution in [2.45, 2.75) is 0 Å². The maximum Gasteiger partial charge on any atom is 0.316 e. The van der Waals surface area contributed by atoms with Crippen molar-refractivity contribution in [2.24, 2.45) is 0 Å². The molecule has 6 nitrogen and oxygen atoms in total. The molecular weight excluding hydrogens is 176 g/mol. The Kier molecular flexibility index (Phi) is 24400. The van der Waals surface area contributed by atoms with Crippen LogP contribution in [0, 0.1) is 0 Å². The van der Waals surface area contributed by atoms with Crippen LogP contribution in [0.25, 0.3) is 0 Å². The Hall–Kier alpha value is 1.05. The van der Waals surface area contributed by atoms with Crippen LogP contribution in [0.1, 0.15) is 0 Å². The van der Waals surface area contributed by atoms with Crippen molar-refractivity contribution in [1.29, 1.82) is 0 Å². The van der Waals surface area contributed by atoms with E-state index in [1.165, 1.54) is 0 Å². The molecule has 0 fully saturated rings. The maximum absolute atomic E-state index is 0. The third-order valence-corrected chi connectivity index (χ3v) is 0. The molecule has 0 amide bonds. The normalized spacial score (nSPS) is 0.